The normalized spacial score (nSPS) is 12.9. The Labute approximate surface area is 87.5 Å². The molecule has 0 aliphatic heterocycles. The molecule has 0 saturated heterocycles. The third kappa shape index (κ3) is 3.06. The molecule has 1 aromatic rings. The first-order chi connectivity index (χ1) is 6.63. The summed E-state index contributed by atoms with van der Waals surface area (Å²) in [5.41, 5.74) is 2.64. The van der Waals surface area contributed by atoms with E-state index in [1.165, 1.54) is 11.3 Å². The minimum Gasteiger partial charge on any atom is -0.382 e. The number of nitrogens with one attached hydrogen (secondary N) is 1. The molecule has 0 radical (unpaired) electrons. The SMILES string of the molecule is CCc1cccc(N[C@H](C)C(C)C)c1. The number of hydrogen-bond acceptors (Lipinski definition) is 1. The second kappa shape index (κ2) is 5.04. The molecule has 78 valence electrons. The Morgan fingerprint density at radius 3 is 2.50 bits per heavy atom. The second-order valence-corrected chi connectivity index (χ2v) is 4.23. The van der Waals surface area contributed by atoms with Crippen LogP contribution in [0.4, 0.5) is 5.69 Å². The minimum atomic E-state index is 0.530. The van der Waals surface area contributed by atoms with E-state index in [-0.39, 0.29) is 0 Å². The predicted molar refractivity (Wildman–Crippen MR) is 63.7 cm³/mol. The molecule has 0 unspecified atom stereocenters. The topological polar surface area (TPSA) is 12.0 Å². The summed E-state index contributed by atoms with van der Waals surface area (Å²) in [5.74, 6) is 0.667. The molecule has 0 amide bonds. The van der Waals surface area contributed by atoms with Crippen molar-refractivity contribution < 1.29 is 0 Å². The van der Waals surface area contributed by atoms with Crippen molar-refractivity contribution >= 4 is 5.69 Å². The molecule has 0 aliphatic rings. The van der Waals surface area contributed by atoms with E-state index in [9.17, 15) is 0 Å². The highest BCUT2D eigenvalue weighted by Crippen LogP contribution is 2.14. The number of anilines is 1. The molecular weight excluding hydrogens is 170 g/mol. The van der Waals surface area contributed by atoms with Crippen LogP contribution >= 0.6 is 0 Å². The highest BCUT2D eigenvalue weighted by Gasteiger charge is 2.05. The summed E-state index contributed by atoms with van der Waals surface area (Å²) in [6.07, 6.45) is 1.10. The van der Waals surface area contributed by atoms with Gasteiger partial charge in [0.15, 0.2) is 0 Å². The first kappa shape index (κ1) is 11.1. The zero-order chi connectivity index (χ0) is 10.6. The highest BCUT2D eigenvalue weighted by molar-refractivity contribution is 5.46. The van der Waals surface area contributed by atoms with Gasteiger partial charge in [0.2, 0.25) is 0 Å². The lowest BCUT2D eigenvalue weighted by atomic mass is 10.1. The van der Waals surface area contributed by atoms with Gasteiger partial charge in [0.05, 0.1) is 0 Å². The van der Waals surface area contributed by atoms with Crippen molar-refractivity contribution in [3.05, 3.63) is 29.8 Å². The Hall–Kier alpha value is -0.980. The fraction of sp³-hybridized carbons (Fsp3) is 0.538. The Kier molecular flexibility index (Phi) is 3.99. The van der Waals surface area contributed by atoms with Gasteiger partial charge in [0, 0.05) is 11.7 Å². The maximum absolute atomic E-state index is 3.52. The van der Waals surface area contributed by atoms with Crippen molar-refractivity contribution in [1.82, 2.24) is 0 Å². The molecule has 0 saturated carbocycles. The van der Waals surface area contributed by atoms with Gasteiger partial charge in [-0.25, -0.2) is 0 Å². The summed E-state index contributed by atoms with van der Waals surface area (Å²) in [5, 5.41) is 3.52. The van der Waals surface area contributed by atoms with Crippen LogP contribution in [0.15, 0.2) is 24.3 Å². The van der Waals surface area contributed by atoms with Crippen LogP contribution in [0.5, 0.6) is 0 Å². The van der Waals surface area contributed by atoms with E-state index in [2.05, 4.69) is 57.3 Å². The lowest BCUT2D eigenvalue weighted by molar-refractivity contribution is 0.560. The van der Waals surface area contributed by atoms with Crippen LogP contribution in [0.2, 0.25) is 0 Å². The summed E-state index contributed by atoms with van der Waals surface area (Å²) >= 11 is 0. The van der Waals surface area contributed by atoms with Gasteiger partial charge in [-0.15, -0.1) is 0 Å². The van der Waals surface area contributed by atoms with Crippen LogP contribution in [0.3, 0.4) is 0 Å². The van der Waals surface area contributed by atoms with Crippen molar-refractivity contribution in [2.45, 2.75) is 40.2 Å². The smallest absolute Gasteiger partial charge is 0.0345 e. The van der Waals surface area contributed by atoms with Crippen LogP contribution in [-0.4, -0.2) is 6.04 Å². The van der Waals surface area contributed by atoms with E-state index < -0.39 is 0 Å². The average molecular weight is 191 g/mol. The Balaban J connectivity index is 2.66. The number of hydrogen-bond donors (Lipinski definition) is 1. The zero-order valence-electron chi connectivity index (χ0n) is 9.67. The van der Waals surface area contributed by atoms with Crippen molar-refractivity contribution in [3.63, 3.8) is 0 Å². The molecule has 0 heterocycles. The lowest BCUT2D eigenvalue weighted by Crippen LogP contribution is -2.21. The fourth-order valence-electron chi connectivity index (χ4n) is 1.31. The quantitative estimate of drug-likeness (QED) is 0.765. The van der Waals surface area contributed by atoms with Gasteiger partial charge >= 0.3 is 0 Å². The Morgan fingerprint density at radius 1 is 1.21 bits per heavy atom. The van der Waals surface area contributed by atoms with E-state index in [1.807, 2.05) is 0 Å². The maximum Gasteiger partial charge on any atom is 0.0345 e. The van der Waals surface area contributed by atoms with Gasteiger partial charge in [-0.1, -0.05) is 32.9 Å². The van der Waals surface area contributed by atoms with Crippen LogP contribution in [0, 0.1) is 5.92 Å². The molecule has 0 bridgehead atoms. The molecule has 14 heavy (non-hydrogen) atoms. The molecular formula is C13H21N. The third-order valence-electron chi connectivity index (χ3n) is 2.73. The average Bonchev–Trinajstić information content (AvgIpc) is 2.18. The van der Waals surface area contributed by atoms with Crippen LogP contribution < -0.4 is 5.32 Å². The van der Waals surface area contributed by atoms with Gasteiger partial charge in [0.1, 0.15) is 0 Å². The minimum absolute atomic E-state index is 0.530. The van der Waals surface area contributed by atoms with Crippen molar-refractivity contribution in [3.8, 4) is 0 Å². The molecule has 1 N–H and O–H groups in total. The van der Waals surface area contributed by atoms with E-state index in [0.29, 0.717) is 12.0 Å². The van der Waals surface area contributed by atoms with E-state index in [0.717, 1.165) is 6.42 Å². The predicted octanol–water partition coefficient (Wildman–Crippen LogP) is 3.71. The molecule has 0 aromatic heterocycles. The van der Waals surface area contributed by atoms with Crippen molar-refractivity contribution in [2.75, 3.05) is 5.32 Å². The van der Waals surface area contributed by atoms with Gasteiger partial charge in [-0.05, 0) is 37.0 Å². The molecule has 1 nitrogen and oxygen atoms in total. The summed E-state index contributed by atoms with van der Waals surface area (Å²) in [4.78, 5) is 0. The van der Waals surface area contributed by atoms with E-state index >= 15 is 0 Å². The summed E-state index contributed by atoms with van der Waals surface area (Å²) < 4.78 is 0. The van der Waals surface area contributed by atoms with Gasteiger partial charge < -0.3 is 5.32 Å². The van der Waals surface area contributed by atoms with Crippen LogP contribution in [0.25, 0.3) is 0 Å². The Bertz CT molecular complexity index is 278. The van der Waals surface area contributed by atoms with Gasteiger partial charge in [-0.2, -0.15) is 0 Å². The van der Waals surface area contributed by atoms with Crippen LogP contribution in [0.1, 0.15) is 33.3 Å². The first-order valence-corrected chi connectivity index (χ1v) is 5.49. The van der Waals surface area contributed by atoms with Gasteiger partial charge in [0.25, 0.3) is 0 Å². The molecule has 1 rings (SSSR count). The largest absolute Gasteiger partial charge is 0.382 e. The van der Waals surface area contributed by atoms with Crippen molar-refractivity contribution in [2.24, 2.45) is 5.92 Å². The lowest BCUT2D eigenvalue weighted by Gasteiger charge is -2.19. The van der Waals surface area contributed by atoms with Crippen molar-refractivity contribution in [1.29, 1.82) is 0 Å². The van der Waals surface area contributed by atoms with E-state index in [1.54, 1.807) is 0 Å². The molecule has 1 heteroatoms. The number of benzene rings is 1. The zero-order valence-corrected chi connectivity index (χ0v) is 9.67. The molecule has 0 spiro atoms. The summed E-state index contributed by atoms with van der Waals surface area (Å²) in [7, 11) is 0. The standard InChI is InChI=1S/C13H21N/c1-5-12-7-6-8-13(9-12)14-11(4)10(2)3/h6-11,14H,5H2,1-4H3/t11-/m1/s1. The Morgan fingerprint density at radius 2 is 1.93 bits per heavy atom. The first-order valence-electron chi connectivity index (χ1n) is 5.49. The number of aryl methyl sites for hydroxylation is 1. The maximum atomic E-state index is 3.52. The molecule has 1 aromatic carbocycles. The summed E-state index contributed by atoms with van der Waals surface area (Å²) in [6, 6.07) is 9.19. The highest BCUT2D eigenvalue weighted by atomic mass is 14.9. The third-order valence-corrected chi connectivity index (χ3v) is 2.73. The molecule has 0 fully saturated rings. The molecule has 1 atom stereocenters. The summed E-state index contributed by atoms with van der Waals surface area (Å²) in [6.45, 7) is 8.89. The van der Waals surface area contributed by atoms with Gasteiger partial charge in [-0.3, -0.25) is 0 Å². The molecule has 0 aliphatic carbocycles. The van der Waals surface area contributed by atoms with Crippen LogP contribution in [-0.2, 0) is 6.42 Å². The number of rotatable bonds is 4. The second-order valence-electron chi connectivity index (χ2n) is 4.23. The monoisotopic (exact) mass is 191 g/mol. The fourth-order valence-corrected chi connectivity index (χ4v) is 1.31. The van der Waals surface area contributed by atoms with E-state index in [4.69, 9.17) is 0 Å².